The summed E-state index contributed by atoms with van der Waals surface area (Å²) >= 11 is 5.06. The van der Waals surface area contributed by atoms with Gasteiger partial charge in [0.1, 0.15) is 0 Å². The van der Waals surface area contributed by atoms with Crippen molar-refractivity contribution in [2.75, 3.05) is 6.54 Å². The molecule has 2 N–H and O–H groups in total. The van der Waals surface area contributed by atoms with Crippen molar-refractivity contribution >= 4 is 17.2 Å². The Balaban J connectivity index is 2.31. The van der Waals surface area contributed by atoms with Crippen LogP contribution in [0.4, 0.5) is 0 Å². The van der Waals surface area contributed by atoms with Crippen molar-refractivity contribution in [3.63, 3.8) is 0 Å². The molecular weight excluding hydrogens is 132 g/mol. The van der Waals surface area contributed by atoms with Gasteiger partial charge in [0.15, 0.2) is 0 Å². The first-order valence-corrected chi connectivity index (χ1v) is 3.72. The van der Waals surface area contributed by atoms with E-state index in [-0.39, 0.29) is 0 Å². The second-order valence-electron chi connectivity index (χ2n) is 2.40. The van der Waals surface area contributed by atoms with E-state index >= 15 is 0 Å². The van der Waals surface area contributed by atoms with Crippen LogP contribution in [0.5, 0.6) is 0 Å². The smallest absolute Gasteiger partial charge is 0.0950 e. The zero-order valence-electron chi connectivity index (χ0n) is 5.63. The lowest BCUT2D eigenvalue weighted by Gasteiger charge is -2.15. The first-order valence-electron chi connectivity index (χ1n) is 3.31. The average molecular weight is 144 g/mol. The Morgan fingerprint density at radius 3 is 2.67 bits per heavy atom. The van der Waals surface area contributed by atoms with Crippen LogP contribution in [-0.2, 0) is 0 Å². The van der Waals surface area contributed by atoms with E-state index in [9.17, 15) is 0 Å². The first kappa shape index (κ1) is 6.96. The summed E-state index contributed by atoms with van der Waals surface area (Å²) in [6.07, 6.45) is 2.49. The van der Waals surface area contributed by atoms with E-state index in [0.29, 0.717) is 5.92 Å². The highest BCUT2D eigenvalue weighted by atomic mass is 32.1. The lowest BCUT2D eigenvalue weighted by atomic mass is 10.4. The minimum atomic E-state index is 0.630. The molecule has 3 heteroatoms. The lowest BCUT2D eigenvalue weighted by Crippen LogP contribution is -2.36. The van der Waals surface area contributed by atoms with Gasteiger partial charge >= 0.3 is 0 Å². The van der Waals surface area contributed by atoms with Gasteiger partial charge in [0, 0.05) is 12.5 Å². The molecule has 1 rings (SSSR count). The molecule has 0 amide bonds. The summed E-state index contributed by atoms with van der Waals surface area (Å²) in [5, 5.41) is 1.66. The number of rotatable bonds is 2. The first-order chi connectivity index (χ1) is 4.25. The van der Waals surface area contributed by atoms with Crippen LogP contribution in [0.2, 0.25) is 0 Å². The predicted molar refractivity (Wildman–Crippen MR) is 41.9 cm³/mol. The highest BCUT2D eigenvalue weighted by molar-refractivity contribution is 7.80. The van der Waals surface area contributed by atoms with Crippen molar-refractivity contribution in [2.45, 2.75) is 19.8 Å². The third-order valence-electron chi connectivity index (χ3n) is 1.55. The van der Waals surface area contributed by atoms with Gasteiger partial charge in [-0.25, -0.2) is 5.84 Å². The van der Waals surface area contributed by atoms with E-state index in [1.54, 1.807) is 5.01 Å². The standard InChI is InChI=1S/C6H12N2S/c1-2-8(7)6(9)5-3-4-5/h5H,2-4,7H2,1H3. The molecule has 0 heterocycles. The third-order valence-corrected chi connectivity index (χ3v) is 2.12. The fourth-order valence-electron chi connectivity index (χ4n) is 0.721. The van der Waals surface area contributed by atoms with E-state index in [0.717, 1.165) is 11.5 Å². The number of nitrogens with zero attached hydrogens (tertiary/aromatic N) is 1. The number of hydrogen-bond donors (Lipinski definition) is 1. The van der Waals surface area contributed by atoms with E-state index in [1.807, 2.05) is 6.92 Å². The van der Waals surface area contributed by atoms with Gasteiger partial charge in [-0.3, -0.25) is 0 Å². The van der Waals surface area contributed by atoms with Crippen molar-refractivity contribution in [1.82, 2.24) is 5.01 Å². The van der Waals surface area contributed by atoms with Crippen LogP contribution in [0.1, 0.15) is 19.8 Å². The summed E-state index contributed by atoms with van der Waals surface area (Å²) in [6.45, 7) is 2.84. The van der Waals surface area contributed by atoms with E-state index in [2.05, 4.69) is 0 Å². The molecular formula is C6H12N2S. The fourth-order valence-corrected chi connectivity index (χ4v) is 1.09. The number of nitrogens with two attached hydrogens (primary N) is 1. The van der Waals surface area contributed by atoms with Gasteiger partial charge in [0.05, 0.1) is 4.99 Å². The number of hydrazine groups is 1. The molecule has 1 aliphatic rings. The molecule has 9 heavy (non-hydrogen) atoms. The summed E-state index contributed by atoms with van der Waals surface area (Å²) in [5.41, 5.74) is 0. The molecule has 1 fully saturated rings. The molecule has 0 bridgehead atoms. The molecule has 0 radical (unpaired) electrons. The maximum Gasteiger partial charge on any atom is 0.0950 e. The van der Waals surface area contributed by atoms with Crippen LogP contribution in [-0.4, -0.2) is 16.5 Å². The maximum absolute atomic E-state index is 5.55. The van der Waals surface area contributed by atoms with E-state index in [1.165, 1.54) is 12.8 Å². The van der Waals surface area contributed by atoms with E-state index < -0.39 is 0 Å². The van der Waals surface area contributed by atoms with Crippen molar-refractivity contribution in [1.29, 1.82) is 0 Å². The molecule has 1 saturated carbocycles. The highest BCUT2D eigenvalue weighted by Gasteiger charge is 2.28. The summed E-state index contributed by atoms with van der Waals surface area (Å²) in [5.74, 6) is 6.18. The summed E-state index contributed by atoms with van der Waals surface area (Å²) in [4.78, 5) is 0.942. The molecule has 0 aromatic carbocycles. The summed E-state index contributed by atoms with van der Waals surface area (Å²) in [6, 6.07) is 0. The summed E-state index contributed by atoms with van der Waals surface area (Å²) in [7, 11) is 0. The number of thiocarbonyl (C=S) groups is 1. The second-order valence-corrected chi connectivity index (χ2v) is 2.82. The quantitative estimate of drug-likeness (QED) is 0.355. The molecule has 0 aliphatic heterocycles. The normalized spacial score (nSPS) is 17.6. The fraction of sp³-hybridized carbons (Fsp3) is 0.833. The molecule has 0 aromatic rings. The van der Waals surface area contributed by atoms with Crippen LogP contribution in [0.15, 0.2) is 0 Å². The lowest BCUT2D eigenvalue weighted by molar-refractivity contribution is 0.461. The third kappa shape index (κ3) is 1.63. The van der Waals surface area contributed by atoms with Crippen molar-refractivity contribution in [3.8, 4) is 0 Å². The van der Waals surface area contributed by atoms with Crippen molar-refractivity contribution < 1.29 is 0 Å². The monoisotopic (exact) mass is 144 g/mol. The van der Waals surface area contributed by atoms with Gasteiger partial charge in [-0.15, -0.1) is 0 Å². The van der Waals surface area contributed by atoms with Crippen LogP contribution < -0.4 is 5.84 Å². The Bertz CT molecular complexity index is 120. The molecule has 2 nitrogen and oxygen atoms in total. The van der Waals surface area contributed by atoms with Crippen LogP contribution >= 0.6 is 12.2 Å². The molecule has 0 atom stereocenters. The molecule has 0 saturated heterocycles. The Hall–Kier alpha value is -0.150. The predicted octanol–water partition coefficient (Wildman–Crippen LogP) is 0.919. The minimum Gasteiger partial charge on any atom is -0.305 e. The zero-order valence-corrected chi connectivity index (χ0v) is 6.45. The Morgan fingerprint density at radius 1 is 1.78 bits per heavy atom. The minimum absolute atomic E-state index is 0.630. The van der Waals surface area contributed by atoms with Gasteiger partial charge in [-0.1, -0.05) is 12.2 Å². The average Bonchev–Trinajstić information content (AvgIpc) is 2.66. The maximum atomic E-state index is 5.55. The van der Waals surface area contributed by atoms with Gasteiger partial charge in [-0.2, -0.15) is 0 Å². The highest BCUT2D eigenvalue weighted by Crippen LogP contribution is 2.31. The molecule has 0 spiro atoms. The van der Waals surface area contributed by atoms with Crippen molar-refractivity contribution in [2.24, 2.45) is 11.8 Å². The SMILES string of the molecule is CCN(N)C(=S)C1CC1. The summed E-state index contributed by atoms with van der Waals surface area (Å²) < 4.78 is 0. The Labute approximate surface area is 61.0 Å². The Kier molecular flexibility index (Phi) is 2.03. The van der Waals surface area contributed by atoms with Crippen LogP contribution in [0, 0.1) is 5.92 Å². The van der Waals surface area contributed by atoms with E-state index in [4.69, 9.17) is 18.1 Å². The second kappa shape index (κ2) is 2.62. The van der Waals surface area contributed by atoms with Crippen molar-refractivity contribution in [3.05, 3.63) is 0 Å². The zero-order chi connectivity index (χ0) is 6.85. The number of hydrogen-bond acceptors (Lipinski definition) is 2. The van der Waals surface area contributed by atoms with Crippen LogP contribution in [0.3, 0.4) is 0 Å². The van der Waals surface area contributed by atoms with Gasteiger partial charge in [0.2, 0.25) is 0 Å². The molecule has 0 aromatic heterocycles. The Morgan fingerprint density at radius 2 is 2.33 bits per heavy atom. The van der Waals surface area contributed by atoms with Crippen LogP contribution in [0.25, 0.3) is 0 Å². The topological polar surface area (TPSA) is 29.3 Å². The van der Waals surface area contributed by atoms with Gasteiger partial charge in [0.25, 0.3) is 0 Å². The largest absolute Gasteiger partial charge is 0.305 e. The molecule has 1 aliphatic carbocycles. The molecule has 0 unspecified atom stereocenters. The van der Waals surface area contributed by atoms with Gasteiger partial charge < -0.3 is 5.01 Å². The molecule has 52 valence electrons. The van der Waals surface area contributed by atoms with Gasteiger partial charge in [-0.05, 0) is 19.8 Å².